The van der Waals surface area contributed by atoms with Crippen molar-refractivity contribution < 1.29 is 18.0 Å². The molecule has 1 aliphatic carbocycles. The smallest absolute Gasteiger partial charge is 0.371 e. The van der Waals surface area contributed by atoms with Crippen molar-refractivity contribution in [1.82, 2.24) is 10.3 Å². The topological polar surface area (TPSA) is 45.2 Å². The molecule has 0 spiro atoms. The van der Waals surface area contributed by atoms with Gasteiger partial charge in [0.15, 0.2) is 0 Å². The first-order chi connectivity index (χ1) is 14.7. The number of anilines is 1. The molecule has 0 radical (unpaired) electrons. The molecule has 0 unspecified atom stereocenters. The maximum atomic E-state index is 13.4. The SMILES string of the molecule is Cc1ccc(C(=O)N[C@H]2CC[C@@H](N(C)c3cc(C(F)(F)F)nc4ccccc34)CC2)s1. The molecule has 0 atom stereocenters. The van der Waals surface area contributed by atoms with Crippen molar-refractivity contribution in [1.29, 1.82) is 0 Å². The molecule has 8 heteroatoms. The van der Waals surface area contributed by atoms with Crippen LogP contribution >= 0.6 is 11.3 Å². The average molecular weight is 448 g/mol. The van der Waals surface area contributed by atoms with Crippen LogP contribution in [0.3, 0.4) is 0 Å². The minimum absolute atomic E-state index is 0.0511. The highest BCUT2D eigenvalue weighted by atomic mass is 32.1. The summed E-state index contributed by atoms with van der Waals surface area (Å²) in [6, 6.07) is 12.0. The predicted molar refractivity (Wildman–Crippen MR) is 118 cm³/mol. The molecule has 2 heterocycles. The summed E-state index contributed by atoms with van der Waals surface area (Å²) in [6.45, 7) is 1.97. The number of benzene rings is 1. The summed E-state index contributed by atoms with van der Waals surface area (Å²) < 4.78 is 40.2. The van der Waals surface area contributed by atoms with Crippen LogP contribution in [0.5, 0.6) is 0 Å². The van der Waals surface area contributed by atoms with Crippen LogP contribution in [0.25, 0.3) is 10.9 Å². The van der Waals surface area contributed by atoms with Crippen LogP contribution in [0, 0.1) is 6.92 Å². The summed E-state index contributed by atoms with van der Waals surface area (Å²) >= 11 is 1.47. The first kappa shape index (κ1) is 21.6. The van der Waals surface area contributed by atoms with Gasteiger partial charge in [-0.3, -0.25) is 4.79 Å². The molecule has 1 amide bonds. The van der Waals surface area contributed by atoms with E-state index in [1.807, 2.05) is 43.1 Å². The van der Waals surface area contributed by atoms with Gasteiger partial charge in [-0.25, -0.2) is 4.98 Å². The first-order valence-electron chi connectivity index (χ1n) is 10.3. The van der Waals surface area contributed by atoms with Gasteiger partial charge in [-0.1, -0.05) is 18.2 Å². The second-order valence-electron chi connectivity index (χ2n) is 8.04. The number of hydrogen-bond donors (Lipinski definition) is 1. The van der Waals surface area contributed by atoms with E-state index in [0.29, 0.717) is 21.5 Å². The fraction of sp³-hybridized carbons (Fsp3) is 0.391. The molecule has 4 nitrogen and oxygen atoms in total. The maximum Gasteiger partial charge on any atom is 0.433 e. The summed E-state index contributed by atoms with van der Waals surface area (Å²) in [5.74, 6) is -0.0511. The normalized spacial score (nSPS) is 19.4. The minimum Gasteiger partial charge on any atom is -0.371 e. The zero-order chi connectivity index (χ0) is 22.2. The van der Waals surface area contributed by atoms with Crippen molar-refractivity contribution >= 4 is 33.8 Å². The van der Waals surface area contributed by atoms with Gasteiger partial charge in [0.2, 0.25) is 0 Å². The number of aromatic nitrogens is 1. The third-order valence-electron chi connectivity index (χ3n) is 5.91. The number of alkyl halides is 3. The second kappa shape index (κ2) is 8.49. The third-order valence-corrected chi connectivity index (χ3v) is 6.91. The number of para-hydroxylation sites is 1. The summed E-state index contributed by atoms with van der Waals surface area (Å²) in [5.41, 5.74) is 0.00563. The van der Waals surface area contributed by atoms with Crippen LogP contribution in [0.1, 0.15) is 45.9 Å². The van der Waals surface area contributed by atoms with E-state index in [4.69, 9.17) is 0 Å². The number of rotatable bonds is 4. The van der Waals surface area contributed by atoms with Crippen molar-refractivity contribution in [3.63, 3.8) is 0 Å². The summed E-state index contributed by atoms with van der Waals surface area (Å²) in [5, 5.41) is 3.81. The standard InChI is InChI=1S/C23H24F3N3OS/c1-14-7-12-20(31-14)22(30)27-15-8-10-16(11-9-15)29(2)19-13-21(23(24,25)26)28-18-6-4-3-5-17(18)19/h3-7,12-13,15-16H,8-11H2,1-2H3,(H,27,30)/t15-,16+. The van der Waals surface area contributed by atoms with Crippen molar-refractivity contribution in [2.45, 2.75) is 50.9 Å². The number of carbonyl (C=O) groups is 1. The van der Waals surface area contributed by atoms with Crippen LogP contribution in [0.2, 0.25) is 0 Å². The maximum absolute atomic E-state index is 13.4. The van der Waals surface area contributed by atoms with E-state index in [1.165, 1.54) is 11.3 Å². The van der Waals surface area contributed by atoms with Crippen molar-refractivity contribution in [2.24, 2.45) is 0 Å². The molecule has 1 aliphatic rings. The lowest BCUT2D eigenvalue weighted by molar-refractivity contribution is -0.140. The van der Waals surface area contributed by atoms with Gasteiger partial charge in [0, 0.05) is 35.1 Å². The fourth-order valence-electron chi connectivity index (χ4n) is 4.21. The number of hydrogen-bond acceptors (Lipinski definition) is 4. The molecule has 4 rings (SSSR count). The number of nitrogens with one attached hydrogen (secondary N) is 1. The van der Waals surface area contributed by atoms with Gasteiger partial charge >= 0.3 is 6.18 Å². The Balaban J connectivity index is 1.48. The quantitative estimate of drug-likeness (QED) is 0.550. The highest BCUT2D eigenvalue weighted by Crippen LogP contribution is 2.36. The Morgan fingerprint density at radius 3 is 2.48 bits per heavy atom. The molecule has 0 saturated heterocycles. The zero-order valence-corrected chi connectivity index (χ0v) is 18.2. The van der Waals surface area contributed by atoms with E-state index in [9.17, 15) is 18.0 Å². The molecule has 0 bridgehead atoms. The summed E-state index contributed by atoms with van der Waals surface area (Å²) in [6.07, 6.45) is -1.33. The Kier molecular flexibility index (Phi) is 5.92. The van der Waals surface area contributed by atoms with Gasteiger partial charge in [0.05, 0.1) is 10.4 Å². The average Bonchev–Trinajstić information content (AvgIpc) is 3.19. The summed E-state index contributed by atoms with van der Waals surface area (Å²) in [4.78, 5) is 20.0. The number of aryl methyl sites for hydroxylation is 1. The van der Waals surface area contributed by atoms with E-state index in [-0.39, 0.29) is 18.0 Å². The lowest BCUT2D eigenvalue weighted by Gasteiger charge is -2.36. The molecule has 31 heavy (non-hydrogen) atoms. The Morgan fingerprint density at radius 1 is 1.13 bits per heavy atom. The number of thiophene rings is 1. The fourth-order valence-corrected chi connectivity index (χ4v) is 4.98. The lowest BCUT2D eigenvalue weighted by Crippen LogP contribution is -2.42. The largest absolute Gasteiger partial charge is 0.433 e. The molecule has 2 aromatic heterocycles. The number of fused-ring (bicyclic) bond motifs is 1. The molecule has 1 aromatic carbocycles. The summed E-state index contributed by atoms with van der Waals surface area (Å²) in [7, 11) is 1.85. The van der Waals surface area contributed by atoms with E-state index in [0.717, 1.165) is 36.6 Å². The number of amides is 1. The Bertz CT molecular complexity index is 1090. The number of pyridine rings is 1. The lowest BCUT2D eigenvalue weighted by atomic mass is 9.89. The van der Waals surface area contributed by atoms with Gasteiger partial charge in [-0.2, -0.15) is 13.2 Å². The Hall–Kier alpha value is -2.61. The molecule has 164 valence electrons. The van der Waals surface area contributed by atoms with E-state index in [1.54, 1.807) is 12.1 Å². The van der Waals surface area contributed by atoms with Crippen molar-refractivity contribution in [3.8, 4) is 0 Å². The highest BCUT2D eigenvalue weighted by Gasteiger charge is 2.34. The van der Waals surface area contributed by atoms with Crippen LogP contribution < -0.4 is 10.2 Å². The van der Waals surface area contributed by atoms with Crippen LogP contribution in [-0.4, -0.2) is 30.0 Å². The van der Waals surface area contributed by atoms with Gasteiger partial charge in [-0.15, -0.1) is 11.3 Å². The Labute approximate surface area is 183 Å². The predicted octanol–water partition coefficient (Wildman–Crippen LogP) is 5.80. The van der Waals surface area contributed by atoms with E-state index < -0.39 is 11.9 Å². The van der Waals surface area contributed by atoms with Crippen molar-refractivity contribution in [2.75, 3.05) is 11.9 Å². The first-order valence-corrected chi connectivity index (χ1v) is 11.1. The molecular formula is C23H24F3N3OS. The van der Waals surface area contributed by atoms with Crippen molar-refractivity contribution in [3.05, 3.63) is 57.9 Å². The molecule has 1 saturated carbocycles. The number of carbonyl (C=O) groups excluding carboxylic acids is 1. The molecule has 1 fully saturated rings. The van der Waals surface area contributed by atoms with Crippen LogP contribution in [-0.2, 0) is 6.18 Å². The second-order valence-corrected chi connectivity index (χ2v) is 9.33. The van der Waals surface area contributed by atoms with Gasteiger partial charge in [0.25, 0.3) is 5.91 Å². The zero-order valence-electron chi connectivity index (χ0n) is 17.4. The molecule has 0 aliphatic heterocycles. The Morgan fingerprint density at radius 2 is 1.84 bits per heavy atom. The van der Waals surface area contributed by atoms with E-state index >= 15 is 0 Å². The number of halogens is 3. The van der Waals surface area contributed by atoms with Gasteiger partial charge in [-0.05, 0) is 56.9 Å². The van der Waals surface area contributed by atoms with Crippen LogP contribution in [0.15, 0.2) is 42.5 Å². The molecule has 3 aromatic rings. The highest BCUT2D eigenvalue weighted by molar-refractivity contribution is 7.13. The number of nitrogens with zero attached hydrogens (tertiary/aromatic N) is 2. The minimum atomic E-state index is -4.50. The van der Waals surface area contributed by atoms with Gasteiger partial charge in [0.1, 0.15) is 5.69 Å². The van der Waals surface area contributed by atoms with E-state index in [2.05, 4.69) is 10.3 Å². The molecular weight excluding hydrogens is 423 g/mol. The van der Waals surface area contributed by atoms with Crippen LogP contribution in [0.4, 0.5) is 18.9 Å². The monoisotopic (exact) mass is 447 g/mol. The molecule has 1 N–H and O–H groups in total. The van der Waals surface area contributed by atoms with Gasteiger partial charge < -0.3 is 10.2 Å². The third kappa shape index (κ3) is 4.69.